The number of carbonyl (C=O) groups is 1. The molecule has 26 heavy (non-hydrogen) atoms. The molecule has 0 fully saturated rings. The van der Waals surface area contributed by atoms with Gasteiger partial charge in [0.2, 0.25) is 5.91 Å². The molecule has 0 aliphatic heterocycles. The summed E-state index contributed by atoms with van der Waals surface area (Å²) in [6, 6.07) is 10.9. The van der Waals surface area contributed by atoms with Gasteiger partial charge in [0.05, 0.1) is 5.69 Å². The SMILES string of the molecule is CN(Cc1cccc(-n2cccn2)c1)C(=O)CCn1ccc(=O)[nH]c1=O. The lowest BCUT2D eigenvalue weighted by Gasteiger charge is -2.18. The average molecular weight is 353 g/mol. The molecule has 3 aromatic rings. The fourth-order valence-electron chi connectivity index (χ4n) is 2.61. The molecule has 8 heteroatoms. The molecular formula is C18H19N5O3. The molecule has 0 atom stereocenters. The predicted octanol–water partition coefficient (Wildman–Crippen LogP) is 0.771. The van der Waals surface area contributed by atoms with Gasteiger partial charge in [0.25, 0.3) is 5.56 Å². The summed E-state index contributed by atoms with van der Waals surface area (Å²) in [5.74, 6) is -0.0902. The molecule has 1 aromatic carbocycles. The fourth-order valence-corrected chi connectivity index (χ4v) is 2.61. The van der Waals surface area contributed by atoms with E-state index < -0.39 is 11.2 Å². The molecule has 1 amide bonds. The van der Waals surface area contributed by atoms with Gasteiger partial charge in [0.15, 0.2) is 0 Å². The number of carbonyl (C=O) groups excluding carboxylic acids is 1. The predicted molar refractivity (Wildman–Crippen MR) is 96.0 cm³/mol. The van der Waals surface area contributed by atoms with Crippen LogP contribution in [-0.4, -0.2) is 37.2 Å². The van der Waals surface area contributed by atoms with Gasteiger partial charge < -0.3 is 9.47 Å². The molecule has 0 unspecified atom stereocenters. The Morgan fingerprint density at radius 3 is 2.77 bits per heavy atom. The maximum absolute atomic E-state index is 12.3. The highest BCUT2D eigenvalue weighted by molar-refractivity contribution is 5.75. The minimum absolute atomic E-state index is 0.0902. The third-order valence-corrected chi connectivity index (χ3v) is 3.99. The molecule has 0 saturated heterocycles. The van der Waals surface area contributed by atoms with E-state index in [-0.39, 0.29) is 18.9 Å². The number of benzene rings is 1. The standard InChI is InChI=1S/C18H19N5O3/c1-21(17(25)7-11-22-10-6-16(24)20-18(22)26)13-14-4-2-5-15(12-14)23-9-3-8-19-23/h2-6,8-10,12H,7,11,13H2,1H3,(H,20,24,26). The number of amides is 1. The van der Waals surface area contributed by atoms with Crippen LogP contribution < -0.4 is 11.2 Å². The van der Waals surface area contributed by atoms with Gasteiger partial charge in [0.1, 0.15) is 0 Å². The molecule has 0 spiro atoms. The number of hydrogen-bond acceptors (Lipinski definition) is 4. The quantitative estimate of drug-likeness (QED) is 0.708. The van der Waals surface area contributed by atoms with Crippen molar-refractivity contribution in [1.82, 2.24) is 24.2 Å². The van der Waals surface area contributed by atoms with Gasteiger partial charge in [-0.05, 0) is 23.8 Å². The second-order valence-electron chi connectivity index (χ2n) is 5.92. The van der Waals surface area contributed by atoms with Crippen molar-refractivity contribution in [1.29, 1.82) is 0 Å². The molecule has 0 aliphatic rings. The fraction of sp³-hybridized carbons (Fsp3) is 0.222. The van der Waals surface area contributed by atoms with Gasteiger partial charge in [-0.1, -0.05) is 12.1 Å². The molecule has 1 N–H and O–H groups in total. The van der Waals surface area contributed by atoms with Crippen LogP contribution in [0.2, 0.25) is 0 Å². The first-order valence-electron chi connectivity index (χ1n) is 8.15. The first-order valence-corrected chi connectivity index (χ1v) is 8.15. The van der Waals surface area contributed by atoms with Crippen LogP contribution in [0.15, 0.2) is 64.6 Å². The summed E-state index contributed by atoms with van der Waals surface area (Å²) in [6.45, 7) is 0.667. The lowest BCUT2D eigenvalue weighted by molar-refractivity contribution is -0.130. The first-order chi connectivity index (χ1) is 12.5. The van der Waals surface area contributed by atoms with Crippen LogP contribution >= 0.6 is 0 Å². The Morgan fingerprint density at radius 1 is 1.19 bits per heavy atom. The second-order valence-corrected chi connectivity index (χ2v) is 5.92. The van der Waals surface area contributed by atoms with Gasteiger partial charge >= 0.3 is 5.69 Å². The molecule has 134 valence electrons. The van der Waals surface area contributed by atoms with E-state index in [1.807, 2.05) is 36.5 Å². The van der Waals surface area contributed by atoms with Crippen molar-refractivity contribution in [3.63, 3.8) is 0 Å². The lowest BCUT2D eigenvalue weighted by Crippen LogP contribution is -2.32. The summed E-state index contributed by atoms with van der Waals surface area (Å²) in [5, 5.41) is 4.20. The van der Waals surface area contributed by atoms with Crippen LogP contribution in [-0.2, 0) is 17.9 Å². The molecular weight excluding hydrogens is 334 g/mol. The van der Waals surface area contributed by atoms with Gasteiger partial charge in [-0.25, -0.2) is 9.48 Å². The van der Waals surface area contributed by atoms with Crippen molar-refractivity contribution in [2.75, 3.05) is 7.05 Å². The molecule has 0 saturated carbocycles. The Kier molecular flexibility index (Phi) is 5.12. The van der Waals surface area contributed by atoms with Gasteiger partial charge in [-0.15, -0.1) is 0 Å². The monoisotopic (exact) mass is 353 g/mol. The Bertz CT molecular complexity index is 1000. The minimum Gasteiger partial charge on any atom is -0.341 e. The van der Waals surface area contributed by atoms with Crippen molar-refractivity contribution < 1.29 is 4.79 Å². The summed E-state index contributed by atoms with van der Waals surface area (Å²) < 4.78 is 3.07. The highest BCUT2D eigenvalue weighted by Crippen LogP contribution is 2.11. The van der Waals surface area contributed by atoms with Crippen molar-refractivity contribution in [2.45, 2.75) is 19.5 Å². The van der Waals surface area contributed by atoms with Crippen LogP contribution in [0.1, 0.15) is 12.0 Å². The van der Waals surface area contributed by atoms with E-state index in [1.54, 1.807) is 22.8 Å². The number of nitrogens with zero attached hydrogens (tertiary/aromatic N) is 4. The molecule has 2 heterocycles. The highest BCUT2D eigenvalue weighted by Gasteiger charge is 2.10. The number of aromatic nitrogens is 4. The maximum atomic E-state index is 12.3. The number of aryl methyl sites for hydroxylation is 1. The number of nitrogens with one attached hydrogen (secondary N) is 1. The minimum atomic E-state index is -0.514. The number of rotatable bonds is 6. The van der Waals surface area contributed by atoms with Gasteiger partial charge in [0, 0.05) is 51.2 Å². The maximum Gasteiger partial charge on any atom is 0.328 e. The molecule has 0 aliphatic carbocycles. The zero-order chi connectivity index (χ0) is 18.5. The van der Waals surface area contributed by atoms with E-state index in [0.29, 0.717) is 6.54 Å². The van der Waals surface area contributed by atoms with E-state index in [1.165, 1.54) is 16.8 Å². The molecule has 0 bridgehead atoms. The van der Waals surface area contributed by atoms with E-state index in [0.717, 1.165) is 11.3 Å². The summed E-state index contributed by atoms with van der Waals surface area (Å²) in [4.78, 5) is 38.8. The topological polar surface area (TPSA) is 93.0 Å². The van der Waals surface area contributed by atoms with Crippen molar-refractivity contribution in [3.8, 4) is 5.69 Å². The van der Waals surface area contributed by atoms with E-state index in [2.05, 4.69) is 10.1 Å². The van der Waals surface area contributed by atoms with E-state index >= 15 is 0 Å². The lowest BCUT2D eigenvalue weighted by atomic mass is 10.2. The third-order valence-electron chi connectivity index (χ3n) is 3.99. The Morgan fingerprint density at radius 2 is 2.04 bits per heavy atom. The summed E-state index contributed by atoms with van der Waals surface area (Å²) in [5.41, 5.74) is 0.940. The first kappa shape index (κ1) is 17.4. The summed E-state index contributed by atoms with van der Waals surface area (Å²) in [7, 11) is 1.72. The number of hydrogen-bond donors (Lipinski definition) is 1. The van der Waals surface area contributed by atoms with Gasteiger partial charge in [-0.3, -0.25) is 14.6 Å². The molecule has 3 rings (SSSR count). The molecule has 8 nitrogen and oxygen atoms in total. The Balaban J connectivity index is 1.61. The second kappa shape index (κ2) is 7.64. The zero-order valence-corrected chi connectivity index (χ0v) is 14.3. The van der Waals surface area contributed by atoms with Crippen LogP contribution in [0.25, 0.3) is 5.69 Å². The van der Waals surface area contributed by atoms with Crippen LogP contribution in [0.4, 0.5) is 0 Å². The number of aromatic amines is 1. The van der Waals surface area contributed by atoms with E-state index in [9.17, 15) is 14.4 Å². The molecule has 2 aromatic heterocycles. The average Bonchev–Trinajstić information content (AvgIpc) is 3.15. The summed E-state index contributed by atoms with van der Waals surface area (Å²) in [6.07, 6.45) is 5.13. The highest BCUT2D eigenvalue weighted by atomic mass is 16.2. The van der Waals surface area contributed by atoms with Crippen molar-refractivity contribution in [3.05, 3.63) is 81.4 Å². The van der Waals surface area contributed by atoms with Crippen LogP contribution in [0.5, 0.6) is 0 Å². The van der Waals surface area contributed by atoms with Crippen LogP contribution in [0, 0.1) is 0 Å². The zero-order valence-electron chi connectivity index (χ0n) is 14.3. The summed E-state index contributed by atoms with van der Waals surface area (Å²) >= 11 is 0. The normalized spacial score (nSPS) is 10.7. The Labute approximate surface area is 149 Å². The van der Waals surface area contributed by atoms with Crippen LogP contribution in [0.3, 0.4) is 0 Å². The number of H-pyrrole nitrogens is 1. The van der Waals surface area contributed by atoms with Crippen molar-refractivity contribution >= 4 is 5.91 Å². The smallest absolute Gasteiger partial charge is 0.328 e. The van der Waals surface area contributed by atoms with Crippen molar-refractivity contribution in [2.24, 2.45) is 0 Å². The van der Waals surface area contributed by atoms with E-state index in [4.69, 9.17) is 0 Å². The molecule has 0 radical (unpaired) electrons. The Hall–Kier alpha value is -3.42. The largest absolute Gasteiger partial charge is 0.341 e. The van der Waals surface area contributed by atoms with Gasteiger partial charge in [-0.2, -0.15) is 5.10 Å². The third kappa shape index (κ3) is 4.15.